The molecule has 108 valence electrons. The highest BCUT2D eigenvalue weighted by atomic mass is 32.1. The Morgan fingerprint density at radius 1 is 1.35 bits per heavy atom. The molecule has 0 aliphatic heterocycles. The van der Waals surface area contributed by atoms with Gasteiger partial charge in [-0.25, -0.2) is 9.98 Å². The van der Waals surface area contributed by atoms with Gasteiger partial charge in [0.15, 0.2) is 11.8 Å². The van der Waals surface area contributed by atoms with Crippen LogP contribution in [0.2, 0.25) is 0 Å². The molecule has 0 unspecified atom stereocenters. The van der Waals surface area contributed by atoms with Crippen molar-refractivity contribution >= 4 is 17.3 Å². The summed E-state index contributed by atoms with van der Waals surface area (Å²) in [5.41, 5.74) is 1.04. The van der Waals surface area contributed by atoms with Gasteiger partial charge in [-0.05, 0) is 20.8 Å². The maximum Gasteiger partial charge on any atom is 0.248 e. The summed E-state index contributed by atoms with van der Waals surface area (Å²) >= 11 is 1.63. The van der Waals surface area contributed by atoms with Crippen LogP contribution in [0.4, 0.5) is 0 Å². The number of guanidine groups is 1. The fourth-order valence-corrected chi connectivity index (χ4v) is 2.25. The van der Waals surface area contributed by atoms with E-state index in [1.54, 1.807) is 18.3 Å². The van der Waals surface area contributed by atoms with Crippen molar-refractivity contribution in [2.24, 2.45) is 4.99 Å². The fraction of sp³-hybridized carbons (Fsp3) is 0.500. The first kappa shape index (κ1) is 14.4. The molecule has 0 saturated heterocycles. The van der Waals surface area contributed by atoms with E-state index in [2.05, 4.69) is 30.8 Å². The average Bonchev–Trinajstić information content (AvgIpc) is 3.02. The normalized spacial score (nSPS) is 11.7. The van der Waals surface area contributed by atoms with E-state index in [4.69, 9.17) is 4.52 Å². The molecular formula is C12H18N6OS. The van der Waals surface area contributed by atoms with Gasteiger partial charge in [-0.3, -0.25) is 0 Å². The van der Waals surface area contributed by atoms with Crippen LogP contribution in [0.1, 0.15) is 29.3 Å². The van der Waals surface area contributed by atoms with Gasteiger partial charge in [0.2, 0.25) is 5.89 Å². The number of nitrogens with one attached hydrogen (secondary N) is 2. The molecule has 2 rings (SSSR count). The number of nitrogens with zero attached hydrogens (tertiary/aromatic N) is 4. The van der Waals surface area contributed by atoms with Gasteiger partial charge in [-0.15, -0.1) is 11.3 Å². The minimum absolute atomic E-state index is 0.354. The summed E-state index contributed by atoms with van der Waals surface area (Å²) in [5, 5.41) is 13.2. The fourth-order valence-electron chi connectivity index (χ4n) is 1.54. The summed E-state index contributed by atoms with van der Waals surface area (Å²) < 4.78 is 5.02. The Balaban J connectivity index is 1.91. The van der Waals surface area contributed by atoms with Crippen LogP contribution in [-0.4, -0.2) is 27.6 Å². The van der Waals surface area contributed by atoms with Gasteiger partial charge in [0.25, 0.3) is 0 Å². The van der Waals surface area contributed by atoms with Crippen LogP contribution in [0, 0.1) is 13.8 Å². The first-order chi connectivity index (χ1) is 9.67. The molecule has 0 saturated carbocycles. The van der Waals surface area contributed by atoms with Gasteiger partial charge in [0.05, 0.1) is 6.54 Å². The van der Waals surface area contributed by atoms with Crippen LogP contribution in [0.15, 0.2) is 14.9 Å². The zero-order valence-corrected chi connectivity index (χ0v) is 12.6. The summed E-state index contributed by atoms with van der Waals surface area (Å²) in [6, 6.07) is 0. The van der Waals surface area contributed by atoms with Crippen molar-refractivity contribution < 1.29 is 4.52 Å². The molecule has 2 aromatic rings. The van der Waals surface area contributed by atoms with E-state index in [1.807, 2.05) is 19.2 Å². The Bertz CT molecular complexity index is 576. The number of hydrogen-bond donors (Lipinski definition) is 2. The third-order valence-corrected chi connectivity index (χ3v) is 3.33. The summed E-state index contributed by atoms with van der Waals surface area (Å²) in [6.45, 7) is 7.57. The van der Waals surface area contributed by atoms with Crippen molar-refractivity contribution in [1.82, 2.24) is 25.8 Å². The third-order valence-electron chi connectivity index (χ3n) is 2.36. The second-order valence-corrected chi connectivity index (χ2v) is 5.11. The summed E-state index contributed by atoms with van der Waals surface area (Å²) in [5.74, 6) is 1.83. The number of hydrogen-bond acceptors (Lipinski definition) is 6. The van der Waals surface area contributed by atoms with Gasteiger partial charge in [-0.1, -0.05) is 5.16 Å². The van der Waals surface area contributed by atoms with Gasteiger partial charge in [-0.2, -0.15) is 4.98 Å². The number of aliphatic imine (C=N–C) groups is 1. The summed E-state index contributed by atoms with van der Waals surface area (Å²) in [7, 11) is 0. The van der Waals surface area contributed by atoms with Crippen molar-refractivity contribution in [2.75, 3.05) is 6.54 Å². The molecule has 7 nitrogen and oxygen atoms in total. The van der Waals surface area contributed by atoms with Gasteiger partial charge in [0, 0.05) is 17.6 Å². The highest BCUT2D eigenvalue weighted by Gasteiger charge is 2.04. The summed E-state index contributed by atoms with van der Waals surface area (Å²) in [4.78, 5) is 12.9. The van der Waals surface area contributed by atoms with Crippen molar-refractivity contribution in [1.29, 1.82) is 0 Å². The number of aromatic nitrogens is 3. The maximum atomic E-state index is 5.02. The zero-order chi connectivity index (χ0) is 14.4. The first-order valence-corrected chi connectivity index (χ1v) is 7.27. The second-order valence-electron chi connectivity index (χ2n) is 4.17. The quantitative estimate of drug-likeness (QED) is 0.640. The van der Waals surface area contributed by atoms with Gasteiger partial charge in [0.1, 0.15) is 11.6 Å². The highest BCUT2D eigenvalue weighted by Crippen LogP contribution is 2.07. The number of rotatable bonds is 5. The Morgan fingerprint density at radius 3 is 2.80 bits per heavy atom. The topological polar surface area (TPSA) is 88.2 Å². The molecule has 0 radical (unpaired) electrons. The molecule has 8 heteroatoms. The maximum absolute atomic E-state index is 5.02. The lowest BCUT2D eigenvalue weighted by molar-refractivity contribution is 0.376. The van der Waals surface area contributed by atoms with Gasteiger partial charge < -0.3 is 15.2 Å². The Hall–Kier alpha value is -1.96. The molecule has 0 amide bonds. The molecule has 0 atom stereocenters. The van der Waals surface area contributed by atoms with Crippen molar-refractivity contribution in [3.8, 4) is 0 Å². The van der Waals surface area contributed by atoms with Crippen LogP contribution in [0.5, 0.6) is 0 Å². The van der Waals surface area contributed by atoms with E-state index in [-0.39, 0.29) is 0 Å². The molecule has 0 fully saturated rings. The molecule has 20 heavy (non-hydrogen) atoms. The van der Waals surface area contributed by atoms with Crippen LogP contribution in [-0.2, 0) is 13.1 Å². The molecule has 0 bridgehead atoms. The standard InChI is InChI=1S/C12H18N6OS/c1-4-13-12(14-5-10-17-9(3)18-19-10)15-6-11-16-8(2)7-20-11/h7H,4-6H2,1-3H3,(H2,13,14,15). The first-order valence-electron chi connectivity index (χ1n) is 6.39. The van der Waals surface area contributed by atoms with E-state index >= 15 is 0 Å². The Kier molecular flexibility index (Phi) is 5.05. The zero-order valence-electron chi connectivity index (χ0n) is 11.8. The SMILES string of the molecule is CCNC(=NCc1nc(C)no1)NCc1nc(C)cs1. The average molecular weight is 294 g/mol. The van der Waals surface area contributed by atoms with Crippen LogP contribution < -0.4 is 10.6 Å². The number of thiazole rings is 1. The molecule has 2 aromatic heterocycles. The lowest BCUT2D eigenvalue weighted by atomic mass is 10.5. The minimum Gasteiger partial charge on any atom is -0.357 e. The lowest BCUT2D eigenvalue weighted by Gasteiger charge is -2.09. The van der Waals surface area contributed by atoms with Crippen molar-refractivity contribution in [3.63, 3.8) is 0 Å². The second kappa shape index (κ2) is 6.99. The largest absolute Gasteiger partial charge is 0.357 e. The molecule has 2 N–H and O–H groups in total. The van der Waals surface area contributed by atoms with Crippen LogP contribution in [0.25, 0.3) is 0 Å². The van der Waals surface area contributed by atoms with Gasteiger partial charge >= 0.3 is 0 Å². The molecule has 0 aromatic carbocycles. The predicted octanol–water partition coefficient (Wildman–Crippen LogP) is 1.40. The van der Waals surface area contributed by atoms with E-state index in [9.17, 15) is 0 Å². The number of aryl methyl sites for hydroxylation is 2. The smallest absolute Gasteiger partial charge is 0.248 e. The molecule has 2 heterocycles. The monoisotopic (exact) mass is 294 g/mol. The molecule has 0 spiro atoms. The van der Waals surface area contributed by atoms with E-state index < -0.39 is 0 Å². The third kappa shape index (κ3) is 4.30. The van der Waals surface area contributed by atoms with Crippen molar-refractivity contribution in [2.45, 2.75) is 33.9 Å². The van der Waals surface area contributed by atoms with E-state index in [0.717, 1.165) is 17.2 Å². The molecule has 0 aliphatic carbocycles. The van der Waals surface area contributed by atoms with Crippen LogP contribution >= 0.6 is 11.3 Å². The van der Waals surface area contributed by atoms with Crippen LogP contribution in [0.3, 0.4) is 0 Å². The lowest BCUT2D eigenvalue weighted by Crippen LogP contribution is -2.36. The molecule has 0 aliphatic rings. The highest BCUT2D eigenvalue weighted by molar-refractivity contribution is 7.09. The Labute approximate surface area is 121 Å². The minimum atomic E-state index is 0.354. The predicted molar refractivity (Wildman–Crippen MR) is 77.5 cm³/mol. The van der Waals surface area contributed by atoms with E-state index in [0.29, 0.717) is 30.8 Å². The summed E-state index contributed by atoms with van der Waals surface area (Å²) in [6.07, 6.45) is 0. The molecular weight excluding hydrogens is 276 g/mol. The Morgan fingerprint density at radius 2 is 2.20 bits per heavy atom. The van der Waals surface area contributed by atoms with E-state index in [1.165, 1.54) is 0 Å². The van der Waals surface area contributed by atoms with Crippen molar-refractivity contribution in [3.05, 3.63) is 27.8 Å².